The lowest BCUT2D eigenvalue weighted by molar-refractivity contribution is 0.0548. The Hall–Kier alpha value is -3.38. The average Bonchev–Trinajstić information content (AvgIpc) is 3.17. The van der Waals surface area contributed by atoms with E-state index >= 15 is 0 Å². The first-order valence-corrected chi connectivity index (χ1v) is 10.2. The maximum Gasteiger partial charge on any atom is 0.337 e. The van der Waals surface area contributed by atoms with Crippen molar-refractivity contribution in [2.75, 3.05) is 31.7 Å². The predicted octanol–water partition coefficient (Wildman–Crippen LogP) is 4.25. The molecule has 0 aromatic heterocycles. The van der Waals surface area contributed by atoms with E-state index in [4.69, 9.17) is 4.74 Å². The third kappa shape index (κ3) is 4.60. The fourth-order valence-corrected chi connectivity index (χ4v) is 3.87. The summed E-state index contributed by atoms with van der Waals surface area (Å²) in [5, 5.41) is 13.7. The summed E-state index contributed by atoms with van der Waals surface area (Å²) in [6.45, 7) is 3.15. The van der Waals surface area contributed by atoms with Crippen LogP contribution in [0.25, 0.3) is 6.08 Å². The molecule has 1 heterocycles. The Labute approximate surface area is 176 Å². The van der Waals surface area contributed by atoms with Gasteiger partial charge in [-0.05, 0) is 47.8 Å². The molecule has 0 atom stereocenters. The van der Waals surface area contributed by atoms with Crippen LogP contribution in [0, 0.1) is 0 Å². The zero-order valence-electron chi connectivity index (χ0n) is 16.8. The molecule has 1 aliphatic carbocycles. The van der Waals surface area contributed by atoms with Crippen molar-refractivity contribution in [3.63, 3.8) is 0 Å². The molecule has 1 aliphatic heterocycles. The zero-order valence-corrected chi connectivity index (χ0v) is 16.8. The van der Waals surface area contributed by atoms with Crippen molar-refractivity contribution in [1.82, 2.24) is 4.90 Å². The molecule has 2 aromatic rings. The highest BCUT2D eigenvalue weighted by Gasteiger charge is 2.25. The second-order valence-electron chi connectivity index (χ2n) is 7.27. The predicted molar refractivity (Wildman–Crippen MR) is 119 cm³/mol. The van der Waals surface area contributed by atoms with Crippen LogP contribution in [0.4, 0.5) is 5.69 Å². The van der Waals surface area contributed by atoms with Gasteiger partial charge in [-0.25, -0.2) is 4.79 Å². The molecule has 0 saturated carbocycles. The Morgan fingerprint density at radius 3 is 2.53 bits per heavy atom. The van der Waals surface area contributed by atoms with E-state index in [2.05, 4.69) is 33.6 Å². The van der Waals surface area contributed by atoms with Crippen molar-refractivity contribution in [3.8, 4) is 0 Å². The fraction of sp³-hybridized carbons (Fsp3) is 0.250. The summed E-state index contributed by atoms with van der Waals surface area (Å²) < 4.78 is 5.54. The molecule has 0 amide bonds. The van der Waals surface area contributed by atoms with Gasteiger partial charge >= 0.3 is 5.97 Å². The zero-order chi connectivity index (χ0) is 20.8. The standard InChI is InChI=1S/C24H25N3O3/c28-24(29)21-8-4-5-9-22(21)26-25-17-20-11-10-19(16-18-6-2-1-3-7-18)23(20)27-12-14-30-15-13-27/h1-9,16-17,26H,10-15H2,(H,28,29)/b19-16+,25-17+. The van der Waals surface area contributed by atoms with Gasteiger partial charge in [-0.15, -0.1) is 0 Å². The number of anilines is 1. The lowest BCUT2D eigenvalue weighted by Gasteiger charge is -2.31. The number of hydrogen-bond donors (Lipinski definition) is 2. The van der Waals surface area contributed by atoms with Gasteiger partial charge in [0, 0.05) is 18.8 Å². The first kappa shape index (κ1) is 19.9. The van der Waals surface area contributed by atoms with E-state index in [9.17, 15) is 9.90 Å². The van der Waals surface area contributed by atoms with Gasteiger partial charge in [0.15, 0.2) is 0 Å². The number of carbonyl (C=O) groups is 1. The van der Waals surface area contributed by atoms with Crippen LogP contribution in [0.3, 0.4) is 0 Å². The SMILES string of the molecule is O=C(O)c1ccccc1N/N=C/C1=C(N2CCOCC2)C(=C/c2ccccc2)/CC1. The maximum absolute atomic E-state index is 11.4. The van der Waals surface area contributed by atoms with Crippen LogP contribution in [0.1, 0.15) is 28.8 Å². The average molecular weight is 403 g/mol. The molecule has 0 radical (unpaired) electrons. The maximum atomic E-state index is 11.4. The molecule has 154 valence electrons. The largest absolute Gasteiger partial charge is 0.478 e. The summed E-state index contributed by atoms with van der Waals surface area (Å²) in [4.78, 5) is 13.8. The van der Waals surface area contributed by atoms with Crippen molar-refractivity contribution < 1.29 is 14.6 Å². The first-order chi connectivity index (χ1) is 14.7. The van der Waals surface area contributed by atoms with Crippen molar-refractivity contribution >= 4 is 23.9 Å². The van der Waals surface area contributed by atoms with Gasteiger partial charge in [0.1, 0.15) is 0 Å². The van der Waals surface area contributed by atoms with Crippen LogP contribution in [0.2, 0.25) is 0 Å². The number of rotatable bonds is 6. The number of nitrogens with zero attached hydrogens (tertiary/aromatic N) is 2. The van der Waals surface area contributed by atoms with E-state index in [1.54, 1.807) is 24.3 Å². The number of aromatic carboxylic acids is 1. The van der Waals surface area contributed by atoms with E-state index in [0.717, 1.165) is 44.7 Å². The highest BCUT2D eigenvalue weighted by Crippen LogP contribution is 2.35. The third-order valence-electron chi connectivity index (χ3n) is 5.30. The molecule has 1 fully saturated rings. The quantitative estimate of drug-likeness (QED) is 0.557. The van der Waals surface area contributed by atoms with E-state index < -0.39 is 5.97 Å². The number of carboxylic acids is 1. The molecule has 2 aliphatic rings. The molecule has 0 bridgehead atoms. The molecule has 6 heteroatoms. The molecule has 0 unspecified atom stereocenters. The van der Waals surface area contributed by atoms with Crippen LogP contribution in [0.15, 0.2) is 76.5 Å². The second-order valence-corrected chi connectivity index (χ2v) is 7.27. The van der Waals surface area contributed by atoms with Crippen LogP contribution in [-0.4, -0.2) is 48.5 Å². The Kier molecular flexibility index (Phi) is 6.25. The highest BCUT2D eigenvalue weighted by molar-refractivity contribution is 5.94. The minimum atomic E-state index is -0.976. The summed E-state index contributed by atoms with van der Waals surface area (Å²) >= 11 is 0. The number of para-hydroxylation sites is 1. The fourth-order valence-electron chi connectivity index (χ4n) is 3.87. The van der Waals surface area contributed by atoms with Gasteiger partial charge in [0.05, 0.1) is 30.7 Å². The first-order valence-electron chi connectivity index (χ1n) is 10.2. The Bertz CT molecular complexity index is 990. The minimum absolute atomic E-state index is 0.202. The van der Waals surface area contributed by atoms with E-state index in [-0.39, 0.29) is 5.56 Å². The third-order valence-corrected chi connectivity index (χ3v) is 5.30. The Balaban J connectivity index is 1.61. The number of allylic oxidation sites excluding steroid dienone is 2. The van der Waals surface area contributed by atoms with Crippen LogP contribution >= 0.6 is 0 Å². The summed E-state index contributed by atoms with van der Waals surface area (Å²) in [5.41, 5.74) is 8.44. The molecular formula is C24H25N3O3. The van der Waals surface area contributed by atoms with Gasteiger partial charge in [-0.3, -0.25) is 5.43 Å². The molecule has 4 rings (SSSR count). The van der Waals surface area contributed by atoms with Gasteiger partial charge in [0.2, 0.25) is 0 Å². The van der Waals surface area contributed by atoms with Gasteiger partial charge < -0.3 is 14.7 Å². The van der Waals surface area contributed by atoms with Crippen molar-refractivity contribution in [2.45, 2.75) is 12.8 Å². The van der Waals surface area contributed by atoms with Crippen molar-refractivity contribution in [2.24, 2.45) is 5.10 Å². The van der Waals surface area contributed by atoms with E-state index in [1.165, 1.54) is 16.8 Å². The van der Waals surface area contributed by atoms with Crippen molar-refractivity contribution in [1.29, 1.82) is 0 Å². The molecule has 2 aromatic carbocycles. The highest BCUT2D eigenvalue weighted by atomic mass is 16.5. The Morgan fingerprint density at radius 1 is 1.03 bits per heavy atom. The molecule has 2 N–H and O–H groups in total. The van der Waals surface area contributed by atoms with Gasteiger partial charge in [-0.2, -0.15) is 5.10 Å². The van der Waals surface area contributed by atoms with E-state index in [0.29, 0.717) is 5.69 Å². The molecule has 6 nitrogen and oxygen atoms in total. The monoisotopic (exact) mass is 403 g/mol. The lowest BCUT2D eigenvalue weighted by Crippen LogP contribution is -2.36. The molecule has 0 spiro atoms. The van der Waals surface area contributed by atoms with Gasteiger partial charge in [0.25, 0.3) is 0 Å². The summed E-state index contributed by atoms with van der Waals surface area (Å²) in [7, 11) is 0. The number of benzene rings is 2. The lowest BCUT2D eigenvalue weighted by atomic mass is 10.1. The van der Waals surface area contributed by atoms with Crippen LogP contribution < -0.4 is 5.43 Å². The Morgan fingerprint density at radius 2 is 1.77 bits per heavy atom. The summed E-state index contributed by atoms with van der Waals surface area (Å²) in [6.07, 6.45) is 5.93. The number of nitrogens with one attached hydrogen (secondary N) is 1. The number of carboxylic acid groups (broad SMARTS) is 1. The number of hydrazone groups is 1. The van der Waals surface area contributed by atoms with E-state index in [1.807, 2.05) is 24.4 Å². The van der Waals surface area contributed by atoms with Crippen molar-refractivity contribution in [3.05, 3.63) is 82.6 Å². The molecule has 30 heavy (non-hydrogen) atoms. The smallest absolute Gasteiger partial charge is 0.337 e. The number of hydrogen-bond acceptors (Lipinski definition) is 5. The van der Waals surface area contributed by atoms with Crippen LogP contribution in [-0.2, 0) is 4.74 Å². The second kappa shape index (κ2) is 9.41. The molecular weight excluding hydrogens is 378 g/mol. The van der Waals surface area contributed by atoms with Gasteiger partial charge in [-0.1, -0.05) is 42.5 Å². The summed E-state index contributed by atoms with van der Waals surface area (Å²) in [6, 6.07) is 17.1. The number of ether oxygens (including phenoxy) is 1. The topological polar surface area (TPSA) is 74.2 Å². The summed E-state index contributed by atoms with van der Waals surface area (Å²) in [5.74, 6) is -0.976. The molecule has 1 saturated heterocycles. The number of morpholine rings is 1. The minimum Gasteiger partial charge on any atom is -0.478 e. The van der Waals surface area contributed by atoms with Crippen LogP contribution in [0.5, 0.6) is 0 Å². The normalized spacial score (nSPS) is 18.4.